The normalized spacial score (nSPS) is 30.3. The predicted octanol–water partition coefficient (Wildman–Crippen LogP) is 3.91. The molecule has 3 heterocycles. The lowest BCUT2D eigenvalue weighted by Gasteiger charge is -2.41. The van der Waals surface area contributed by atoms with Gasteiger partial charge < -0.3 is 4.90 Å². The molecule has 0 spiro atoms. The smallest absolute Gasteiger partial charge is 0.109 e. The van der Waals surface area contributed by atoms with Crippen LogP contribution in [0.1, 0.15) is 61.3 Å². The standard InChI is InChI=1S/C19H33N3/c1-13-16(18(2,3)4)15-11-14(21-9-8-10-21)12-22(15)17(20-13)19(5,6)7/h13-14H,8-12H2,1-7H3/t13-,14?/m0/s1. The van der Waals surface area contributed by atoms with Crippen LogP contribution in [0.15, 0.2) is 16.3 Å². The summed E-state index contributed by atoms with van der Waals surface area (Å²) in [6.07, 6.45) is 2.59. The summed E-state index contributed by atoms with van der Waals surface area (Å²) in [6, 6.07) is 1.01. The van der Waals surface area contributed by atoms with Crippen molar-refractivity contribution in [1.29, 1.82) is 0 Å². The summed E-state index contributed by atoms with van der Waals surface area (Å²) in [5, 5.41) is 0. The van der Waals surface area contributed by atoms with Crippen LogP contribution >= 0.6 is 0 Å². The molecule has 3 rings (SSSR count). The number of rotatable bonds is 1. The van der Waals surface area contributed by atoms with Crippen molar-refractivity contribution >= 4 is 5.84 Å². The van der Waals surface area contributed by atoms with Crippen molar-refractivity contribution < 1.29 is 0 Å². The van der Waals surface area contributed by atoms with Crippen LogP contribution in [0.3, 0.4) is 0 Å². The van der Waals surface area contributed by atoms with Gasteiger partial charge in [-0.05, 0) is 37.4 Å². The number of fused-ring (bicyclic) bond motifs is 1. The first-order valence-electron chi connectivity index (χ1n) is 8.92. The van der Waals surface area contributed by atoms with Crippen LogP contribution in [0.2, 0.25) is 0 Å². The highest BCUT2D eigenvalue weighted by Gasteiger charge is 2.44. The number of likely N-dealkylation sites (tertiary alicyclic amines) is 1. The number of amidine groups is 1. The molecule has 0 aromatic rings. The number of nitrogens with zero attached hydrogens (tertiary/aromatic N) is 3. The van der Waals surface area contributed by atoms with Gasteiger partial charge in [0.25, 0.3) is 0 Å². The van der Waals surface area contributed by atoms with Gasteiger partial charge in [0.1, 0.15) is 5.84 Å². The van der Waals surface area contributed by atoms with E-state index in [0.717, 1.165) is 6.54 Å². The quantitative estimate of drug-likeness (QED) is 0.731. The van der Waals surface area contributed by atoms with Crippen LogP contribution in [0.5, 0.6) is 0 Å². The Labute approximate surface area is 136 Å². The van der Waals surface area contributed by atoms with Gasteiger partial charge in [0, 0.05) is 30.1 Å². The predicted molar refractivity (Wildman–Crippen MR) is 94.1 cm³/mol. The number of aliphatic imine (C=N–C) groups is 1. The molecule has 22 heavy (non-hydrogen) atoms. The van der Waals surface area contributed by atoms with Crippen LogP contribution in [0.25, 0.3) is 0 Å². The van der Waals surface area contributed by atoms with E-state index < -0.39 is 0 Å². The van der Waals surface area contributed by atoms with Crippen molar-refractivity contribution in [2.24, 2.45) is 15.8 Å². The van der Waals surface area contributed by atoms with Crippen molar-refractivity contribution in [1.82, 2.24) is 9.80 Å². The number of hydrogen-bond donors (Lipinski definition) is 0. The minimum Gasteiger partial charge on any atom is -0.332 e. The molecule has 0 aromatic heterocycles. The molecule has 2 atom stereocenters. The second kappa shape index (κ2) is 5.09. The molecule has 3 nitrogen and oxygen atoms in total. The van der Waals surface area contributed by atoms with Crippen molar-refractivity contribution in [2.45, 2.75) is 73.4 Å². The topological polar surface area (TPSA) is 18.8 Å². The molecule has 0 aliphatic carbocycles. The highest BCUT2D eigenvalue weighted by molar-refractivity contribution is 5.90. The van der Waals surface area contributed by atoms with Crippen LogP contribution in [-0.2, 0) is 0 Å². The average Bonchev–Trinajstić information content (AvgIpc) is 2.65. The Morgan fingerprint density at radius 2 is 1.64 bits per heavy atom. The van der Waals surface area contributed by atoms with Crippen molar-refractivity contribution in [3.8, 4) is 0 Å². The zero-order valence-electron chi connectivity index (χ0n) is 15.5. The first kappa shape index (κ1) is 16.0. The first-order chi connectivity index (χ1) is 10.1. The second-order valence-electron chi connectivity index (χ2n) is 9.35. The third kappa shape index (κ3) is 2.62. The fourth-order valence-electron chi connectivity index (χ4n) is 4.36. The summed E-state index contributed by atoms with van der Waals surface area (Å²) in [7, 11) is 0. The van der Waals surface area contributed by atoms with Gasteiger partial charge in [-0.2, -0.15) is 0 Å². The molecule has 3 aliphatic heterocycles. The van der Waals surface area contributed by atoms with Crippen molar-refractivity contribution in [2.75, 3.05) is 19.6 Å². The Balaban J connectivity index is 2.01. The molecule has 124 valence electrons. The minimum atomic E-state index is 0.118. The lowest BCUT2D eigenvalue weighted by molar-refractivity contribution is 0.124. The Morgan fingerprint density at radius 3 is 2.09 bits per heavy atom. The molecule has 2 fully saturated rings. The molecular formula is C19H33N3. The Hall–Kier alpha value is -0.830. The molecule has 0 bridgehead atoms. The van der Waals surface area contributed by atoms with E-state index in [1.165, 1.54) is 31.8 Å². The van der Waals surface area contributed by atoms with Crippen molar-refractivity contribution in [3.63, 3.8) is 0 Å². The zero-order chi connectivity index (χ0) is 16.3. The second-order valence-corrected chi connectivity index (χ2v) is 9.35. The van der Waals surface area contributed by atoms with Crippen LogP contribution in [0, 0.1) is 10.8 Å². The monoisotopic (exact) mass is 303 g/mol. The maximum Gasteiger partial charge on any atom is 0.109 e. The van der Waals surface area contributed by atoms with E-state index in [9.17, 15) is 0 Å². The first-order valence-corrected chi connectivity index (χ1v) is 8.92. The van der Waals surface area contributed by atoms with Gasteiger partial charge in [0.15, 0.2) is 0 Å². The van der Waals surface area contributed by atoms with Crippen molar-refractivity contribution in [3.05, 3.63) is 11.3 Å². The summed E-state index contributed by atoms with van der Waals surface area (Å²) in [5.74, 6) is 1.30. The van der Waals surface area contributed by atoms with Gasteiger partial charge in [0.05, 0.1) is 6.04 Å². The summed E-state index contributed by atoms with van der Waals surface area (Å²) in [4.78, 5) is 10.4. The minimum absolute atomic E-state index is 0.118. The molecule has 0 radical (unpaired) electrons. The largest absolute Gasteiger partial charge is 0.332 e. The Morgan fingerprint density at radius 1 is 1.00 bits per heavy atom. The SMILES string of the molecule is C[C@@H]1N=C(C(C)(C)C)N2CC(N3CCC3)CC2=C1C(C)(C)C. The van der Waals surface area contributed by atoms with Gasteiger partial charge in [-0.1, -0.05) is 41.5 Å². The summed E-state index contributed by atoms with van der Waals surface area (Å²) in [6.45, 7) is 19.9. The lowest BCUT2D eigenvalue weighted by atomic mass is 9.79. The van der Waals surface area contributed by atoms with Crippen LogP contribution in [0.4, 0.5) is 0 Å². The van der Waals surface area contributed by atoms with E-state index >= 15 is 0 Å². The Kier molecular flexibility index (Phi) is 3.71. The maximum atomic E-state index is 5.15. The van der Waals surface area contributed by atoms with E-state index in [-0.39, 0.29) is 10.8 Å². The van der Waals surface area contributed by atoms with Crippen LogP contribution in [-0.4, -0.2) is 47.4 Å². The molecule has 3 heteroatoms. The van der Waals surface area contributed by atoms with E-state index in [1.807, 2.05) is 0 Å². The number of hydrogen-bond acceptors (Lipinski definition) is 3. The molecule has 0 N–H and O–H groups in total. The summed E-state index contributed by atoms with van der Waals surface area (Å²) in [5.41, 5.74) is 3.46. The molecule has 0 saturated carbocycles. The average molecular weight is 303 g/mol. The highest BCUT2D eigenvalue weighted by Crippen LogP contribution is 2.44. The van der Waals surface area contributed by atoms with Crippen LogP contribution < -0.4 is 0 Å². The molecule has 3 aliphatic rings. The third-order valence-corrected chi connectivity index (χ3v) is 5.33. The van der Waals surface area contributed by atoms with E-state index in [2.05, 4.69) is 58.3 Å². The lowest BCUT2D eigenvalue weighted by Crippen LogP contribution is -2.48. The Bertz CT molecular complexity index is 512. The molecular weight excluding hydrogens is 270 g/mol. The third-order valence-electron chi connectivity index (χ3n) is 5.33. The van der Waals surface area contributed by atoms with E-state index in [1.54, 1.807) is 11.3 Å². The van der Waals surface area contributed by atoms with Gasteiger partial charge in [-0.15, -0.1) is 0 Å². The maximum absolute atomic E-state index is 5.15. The fraction of sp³-hybridized carbons (Fsp3) is 0.842. The zero-order valence-corrected chi connectivity index (χ0v) is 15.5. The van der Waals surface area contributed by atoms with Gasteiger partial charge in [0.2, 0.25) is 0 Å². The van der Waals surface area contributed by atoms with Gasteiger partial charge >= 0.3 is 0 Å². The molecule has 2 saturated heterocycles. The fourth-order valence-corrected chi connectivity index (χ4v) is 4.36. The highest BCUT2D eigenvalue weighted by atomic mass is 15.3. The van der Waals surface area contributed by atoms with Gasteiger partial charge in [-0.3, -0.25) is 9.89 Å². The molecule has 1 unspecified atom stereocenters. The van der Waals surface area contributed by atoms with E-state index in [4.69, 9.17) is 4.99 Å². The summed E-state index contributed by atoms with van der Waals surface area (Å²) < 4.78 is 0. The van der Waals surface area contributed by atoms with E-state index in [0.29, 0.717) is 12.1 Å². The molecule has 0 aromatic carbocycles. The molecule has 0 amide bonds. The van der Waals surface area contributed by atoms with Gasteiger partial charge in [-0.25, -0.2) is 0 Å². The summed E-state index contributed by atoms with van der Waals surface area (Å²) >= 11 is 0.